The van der Waals surface area contributed by atoms with Crippen molar-refractivity contribution in [2.45, 2.75) is 43.6 Å². The zero-order chi connectivity index (χ0) is 17.5. The molecule has 1 saturated carbocycles. The number of imide groups is 1. The number of hydrogen-bond acceptors (Lipinski definition) is 4. The van der Waals surface area contributed by atoms with Crippen LogP contribution in [0.4, 0.5) is 18.0 Å². The Morgan fingerprint density at radius 1 is 1.33 bits per heavy atom. The van der Waals surface area contributed by atoms with E-state index in [4.69, 9.17) is 4.42 Å². The number of alkyl halides is 3. The van der Waals surface area contributed by atoms with Gasteiger partial charge in [-0.1, -0.05) is 12.8 Å². The molecule has 0 spiro atoms. The van der Waals surface area contributed by atoms with E-state index in [1.54, 1.807) is 10.6 Å². The number of furan rings is 1. The second-order valence-corrected chi connectivity index (χ2v) is 5.72. The molecule has 0 unspecified atom stereocenters. The number of hydrogen-bond donors (Lipinski definition) is 2. The van der Waals surface area contributed by atoms with Crippen LogP contribution in [0.2, 0.25) is 0 Å². The van der Waals surface area contributed by atoms with E-state index in [0.29, 0.717) is 17.7 Å². The molecule has 24 heavy (non-hydrogen) atoms. The smallest absolute Gasteiger partial charge is 0.440 e. The van der Waals surface area contributed by atoms with E-state index in [-0.39, 0.29) is 0 Å². The molecule has 1 saturated heterocycles. The third-order valence-corrected chi connectivity index (χ3v) is 4.21. The Bertz CT molecular complexity index is 667. The normalized spacial score (nSPS) is 25.2. The van der Waals surface area contributed by atoms with Crippen LogP contribution >= 0.6 is 0 Å². The molecular formula is C14H14F3N3O4. The van der Waals surface area contributed by atoms with Gasteiger partial charge in [0.25, 0.3) is 17.5 Å². The van der Waals surface area contributed by atoms with Gasteiger partial charge in [0, 0.05) is 6.04 Å². The maximum atomic E-state index is 13.6. The van der Waals surface area contributed by atoms with Gasteiger partial charge in [-0.2, -0.15) is 13.2 Å². The zero-order valence-corrected chi connectivity index (χ0v) is 12.4. The first-order valence-electron chi connectivity index (χ1n) is 7.35. The van der Waals surface area contributed by atoms with Crippen molar-refractivity contribution >= 4 is 17.8 Å². The minimum absolute atomic E-state index is 0.403. The molecule has 4 amide bonds. The summed E-state index contributed by atoms with van der Waals surface area (Å²) in [5.41, 5.74) is -3.49. The number of nitrogens with one attached hydrogen (secondary N) is 2. The molecule has 2 fully saturated rings. The largest absolute Gasteiger partial charge is 0.459 e. The molecule has 1 aliphatic carbocycles. The molecule has 10 heteroatoms. The van der Waals surface area contributed by atoms with Gasteiger partial charge in [0.1, 0.15) is 0 Å². The highest BCUT2D eigenvalue weighted by Gasteiger charge is 2.69. The Kier molecular flexibility index (Phi) is 3.77. The molecule has 1 aromatic heterocycles. The van der Waals surface area contributed by atoms with Gasteiger partial charge in [0.2, 0.25) is 0 Å². The van der Waals surface area contributed by atoms with E-state index >= 15 is 0 Å². The Hall–Kier alpha value is -2.52. The topological polar surface area (TPSA) is 91.7 Å². The third-order valence-electron chi connectivity index (χ3n) is 4.21. The highest BCUT2D eigenvalue weighted by Crippen LogP contribution is 2.37. The van der Waals surface area contributed by atoms with E-state index in [1.165, 1.54) is 6.07 Å². The first-order chi connectivity index (χ1) is 11.3. The van der Waals surface area contributed by atoms with Crippen LogP contribution < -0.4 is 10.6 Å². The molecule has 3 rings (SSSR count). The van der Waals surface area contributed by atoms with E-state index in [9.17, 15) is 27.6 Å². The summed E-state index contributed by atoms with van der Waals surface area (Å²) in [7, 11) is 0. The van der Waals surface area contributed by atoms with Crippen molar-refractivity contribution in [1.82, 2.24) is 15.5 Å². The van der Waals surface area contributed by atoms with Gasteiger partial charge in [0.15, 0.2) is 5.76 Å². The van der Waals surface area contributed by atoms with Crippen LogP contribution in [0, 0.1) is 0 Å². The molecule has 7 nitrogen and oxygen atoms in total. The van der Waals surface area contributed by atoms with Gasteiger partial charge in [-0.15, -0.1) is 0 Å². The minimum Gasteiger partial charge on any atom is -0.459 e. The molecule has 1 aromatic rings. The predicted octanol–water partition coefficient (Wildman–Crippen LogP) is 1.76. The lowest BCUT2D eigenvalue weighted by Gasteiger charge is -2.30. The van der Waals surface area contributed by atoms with E-state index in [1.807, 2.05) is 0 Å². The number of carbonyl (C=O) groups is 3. The number of nitrogens with zero attached hydrogens (tertiary/aromatic N) is 1. The summed E-state index contributed by atoms with van der Waals surface area (Å²) in [4.78, 5) is 37.0. The third kappa shape index (κ3) is 2.42. The SMILES string of the molecule is O=C(N[C@]1(C(F)(F)F)NC(=O)N(C2CCCC2)C1=O)c1ccco1. The Morgan fingerprint density at radius 2 is 2.00 bits per heavy atom. The Labute approximate surface area is 134 Å². The van der Waals surface area contributed by atoms with Gasteiger partial charge in [0.05, 0.1) is 6.26 Å². The highest BCUT2D eigenvalue weighted by atomic mass is 19.4. The molecule has 0 aromatic carbocycles. The lowest BCUT2D eigenvalue weighted by molar-refractivity contribution is -0.200. The summed E-state index contributed by atoms with van der Waals surface area (Å²) in [6, 6.07) is 0.705. The van der Waals surface area contributed by atoms with Gasteiger partial charge in [-0.05, 0) is 25.0 Å². The fourth-order valence-electron chi connectivity index (χ4n) is 3.03. The van der Waals surface area contributed by atoms with Gasteiger partial charge in [-0.3, -0.25) is 19.8 Å². The van der Waals surface area contributed by atoms with Crippen molar-refractivity contribution in [1.29, 1.82) is 0 Å². The van der Waals surface area contributed by atoms with E-state index in [0.717, 1.165) is 25.2 Å². The summed E-state index contributed by atoms with van der Waals surface area (Å²) in [5.74, 6) is -3.17. The monoisotopic (exact) mass is 345 g/mol. The maximum Gasteiger partial charge on any atom is 0.440 e. The molecule has 1 atom stereocenters. The summed E-state index contributed by atoms with van der Waals surface area (Å²) in [5, 5.41) is 3.20. The predicted molar refractivity (Wildman–Crippen MR) is 72.6 cm³/mol. The fraction of sp³-hybridized carbons (Fsp3) is 0.500. The number of amides is 4. The molecule has 2 N–H and O–H groups in total. The summed E-state index contributed by atoms with van der Waals surface area (Å²) in [6.07, 6.45) is -1.78. The molecule has 0 bridgehead atoms. The van der Waals surface area contributed by atoms with E-state index in [2.05, 4.69) is 0 Å². The van der Waals surface area contributed by atoms with E-state index < -0.39 is 41.5 Å². The number of rotatable bonds is 3. The first kappa shape index (κ1) is 16.3. The molecule has 2 heterocycles. The van der Waals surface area contributed by atoms with Crippen molar-refractivity contribution in [3.8, 4) is 0 Å². The van der Waals surface area contributed by atoms with Crippen LogP contribution in [0.25, 0.3) is 0 Å². The summed E-state index contributed by atoms with van der Waals surface area (Å²) < 4.78 is 45.5. The van der Waals surface area contributed by atoms with Crippen LogP contribution in [-0.2, 0) is 4.79 Å². The van der Waals surface area contributed by atoms with Crippen LogP contribution in [-0.4, -0.2) is 40.6 Å². The number of urea groups is 1. The highest BCUT2D eigenvalue weighted by molar-refractivity contribution is 6.10. The standard InChI is InChI=1S/C14H14F3N3O4/c15-14(16,17)13(18-10(21)9-6-3-7-24-9)11(22)20(12(23)19-13)8-4-1-2-5-8/h3,6-8H,1-2,4-5H2,(H,18,21)(H,19,23)/t13-/m0/s1. The average Bonchev–Trinajstić information content (AvgIpc) is 3.20. The van der Waals surface area contributed by atoms with Crippen LogP contribution in [0.15, 0.2) is 22.8 Å². The van der Waals surface area contributed by atoms with Crippen LogP contribution in [0.5, 0.6) is 0 Å². The lowest BCUT2D eigenvalue weighted by Crippen LogP contribution is -2.69. The number of carbonyl (C=O) groups excluding carboxylic acids is 3. The summed E-state index contributed by atoms with van der Waals surface area (Å²) in [6.45, 7) is 0. The quantitative estimate of drug-likeness (QED) is 0.817. The van der Waals surface area contributed by atoms with Crippen LogP contribution in [0.3, 0.4) is 0 Å². The Balaban J connectivity index is 1.93. The maximum absolute atomic E-state index is 13.6. The lowest BCUT2D eigenvalue weighted by atomic mass is 10.1. The van der Waals surface area contributed by atoms with Crippen molar-refractivity contribution in [3.63, 3.8) is 0 Å². The fourth-order valence-corrected chi connectivity index (χ4v) is 3.03. The molecular weight excluding hydrogens is 331 g/mol. The summed E-state index contributed by atoms with van der Waals surface area (Å²) >= 11 is 0. The van der Waals surface area contributed by atoms with Crippen molar-refractivity contribution < 1.29 is 32.0 Å². The second-order valence-electron chi connectivity index (χ2n) is 5.72. The molecule has 0 radical (unpaired) electrons. The Morgan fingerprint density at radius 3 is 2.54 bits per heavy atom. The molecule has 2 aliphatic rings. The average molecular weight is 345 g/mol. The zero-order valence-electron chi connectivity index (χ0n) is 12.4. The first-order valence-corrected chi connectivity index (χ1v) is 7.35. The van der Waals surface area contributed by atoms with Crippen molar-refractivity contribution in [2.24, 2.45) is 0 Å². The van der Waals surface area contributed by atoms with Gasteiger partial charge >= 0.3 is 12.2 Å². The molecule has 130 valence electrons. The van der Waals surface area contributed by atoms with Crippen LogP contribution in [0.1, 0.15) is 36.2 Å². The van der Waals surface area contributed by atoms with Gasteiger partial charge < -0.3 is 9.73 Å². The second kappa shape index (κ2) is 5.53. The number of halogens is 3. The van der Waals surface area contributed by atoms with Crippen molar-refractivity contribution in [2.75, 3.05) is 0 Å². The van der Waals surface area contributed by atoms with Crippen molar-refractivity contribution in [3.05, 3.63) is 24.2 Å². The van der Waals surface area contributed by atoms with Gasteiger partial charge in [-0.25, -0.2) is 4.79 Å². The minimum atomic E-state index is -5.21. The molecule has 1 aliphatic heterocycles.